The van der Waals surface area contributed by atoms with E-state index in [0.29, 0.717) is 31.5 Å². The Bertz CT molecular complexity index is 479. The number of rotatable bonds is 3. The number of nitrogens with zero attached hydrogens (tertiary/aromatic N) is 1. The van der Waals surface area contributed by atoms with Gasteiger partial charge in [-0.3, -0.25) is 15.0 Å². The second kappa shape index (κ2) is 6.38. The fourth-order valence-electron chi connectivity index (χ4n) is 2.38. The summed E-state index contributed by atoms with van der Waals surface area (Å²) in [5.41, 5.74) is 2.80. The third-order valence-corrected chi connectivity index (χ3v) is 3.63. The number of hydrogen-bond acceptors (Lipinski definition) is 4. The molecule has 0 bridgehead atoms. The van der Waals surface area contributed by atoms with Gasteiger partial charge in [-0.25, -0.2) is 5.84 Å². The number of hydrogen-bond donors (Lipinski definition) is 2. The minimum atomic E-state index is -0.151. The van der Waals surface area contributed by atoms with E-state index < -0.39 is 0 Å². The van der Waals surface area contributed by atoms with Crippen molar-refractivity contribution in [3.8, 4) is 5.75 Å². The first-order valence-electron chi connectivity index (χ1n) is 6.59. The van der Waals surface area contributed by atoms with Crippen LogP contribution >= 0.6 is 0 Å². The van der Waals surface area contributed by atoms with Crippen molar-refractivity contribution in [3.05, 3.63) is 29.8 Å². The molecule has 1 aliphatic rings. The molecule has 2 amide bonds. The number of methoxy groups -OCH3 is 1. The van der Waals surface area contributed by atoms with E-state index in [-0.39, 0.29) is 17.7 Å². The van der Waals surface area contributed by atoms with E-state index in [0.717, 1.165) is 5.75 Å². The highest BCUT2D eigenvalue weighted by atomic mass is 16.5. The van der Waals surface area contributed by atoms with Crippen molar-refractivity contribution in [3.63, 3.8) is 0 Å². The maximum absolute atomic E-state index is 12.3. The molecule has 1 fully saturated rings. The van der Waals surface area contributed by atoms with Crippen LogP contribution in [0.5, 0.6) is 5.75 Å². The zero-order valence-electron chi connectivity index (χ0n) is 11.5. The summed E-state index contributed by atoms with van der Waals surface area (Å²) in [7, 11) is 1.59. The van der Waals surface area contributed by atoms with E-state index in [1.807, 2.05) is 0 Å². The molecular formula is C14H19N3O3. The molecule has 1 saturated heterocycles. The van der Waals surface area contributed by atoms with Crippen molar-refractivity contribution in [2.24, 2.45) is 11.8 Å². The average molecular weight is 277 g/mol. The summed E-state index contributed by atoms with van der Waals surface area (Å²) in [5, 5.41) is 0. The van der Waals surface area contributed by atoms with Crippen LogP contribution in [0.1, 0.15) is 23.2 Å². The van der Waals surface area contributed by atoms with Gasteiger partial charge in [-0.2, -0.15) is 0 Å². The van der Waals surface area contributed by atoms with E-state index in [1.54, 1.807) is 36.3 Å². The molecule has 0 aliphatic carbocycles. The summed E-state index contributed by atoms with van der Waals surface area (Å²) >= 11 is 0. The van der Waals surface area contributed by atoms with E-state index >= 15 is 0 Å². The van der Waals surface area contributed by atoms with Crippen molar-refractivity contribution in [2.75, 3.05) is 20.2 Å². The van der Waals surface area contributed by atoms with Gasteiger partial charge in [0.15, 0.2) is 0 Å². The van der Waals surface area contributed by atoms with Crippen LogP contribution in [-0.2, 0) is 4.79 Å². The molecule has 0 radical (unpaired) electrons. The Morgan fingerprint density at radius 1 is 1.25 bits per heavy atom. The normalized spacial score (nSPS) is 15.8. The lowest BCUT2D eigenvalue weighted by atomic mass is 9.95. The monoisotopic (exact) mass is 277 g/mol. The van der Waals surface area contributed by atoms with Gasteiger partial charge in [0.05, 0.1) is 7.11 Å². The molecule has 0 saturated carbocycles. The fourth-order valence-corrected chi connectivity index (χ4v) is 2.38. The number of nitrogens with one attached hydrogen (secondary N) is 1. The Kier molecular flexibility index (Phi) is 4.57. The Morgan fingerprint density at radius 2 is 1.85 bits per heavy atom. The summed E-state index contributed by atoms with van der Waals surface area (Å²) in [4.78, 5) is 25.5. The summed E-state index contributed by atoms with van der Waals surface area (Å²) in [6.45, 7) is 1.14. The van der Waals surface area contributed by atoms with E-state index in [9.17, 15) is 9.59 Å². The van der Waals surface area contributed by atoms with Crippen molar-refractivity contribution in [2.45, 2.75) is 12.8 Å². The molecule has 6 heteroatoms. The lowest BCUT2D eigenvalue weighted by molar-refractivity contribution is -0.126. The number of amides is 2. The van der Waals surface area contributed by atoms with Gasteiger partial charge in [-0.15, -0.1) is 0 Å². The predicted molar refractivity (Wildman–Crippen MR) is 74.0 cm³/mol. The number of likely N-dealkylation sites (tertiary alicyclic amines) is 1. The second-order valence-electron chi connectivity index (χ2n) is 4.80. The lowest BCUT2D eigenvalue weighted by Gasteiger charge is -2.31. The second-order valence-corrected chi connectivity index (χ2v) is 4.80. The molecule has 0 atom stereocenters. The standard InChI is InChI=1S/C14H19N3O3/c1-20-12-4-2-11(3-5-12)14(19)17-8-6-10(7-9-17)13(18)16-15/h2-5,10H,6-9,15H2,1H3,(H,16,18). The van der Waals surface area contributed by atoms with Gasteiger partial charge in [0.25, 0.3) is 5.91 Å². The zero-order chi connectivity index (χ0) is 14.5. The molecular weight excluding hydrogens is 258 g/mol. The van der Waals surface area contributed by atoms with E-state index in [4.69, 9.17) is 10.6 Å². The molecule has 6 nitrogen and oxygen atoms in total. The van der Waals surface area contributed by atoms with Crippen molar-refractivity contribution >= 4 is 11.8 Å². The SMILES string of the molecule is COc1ccc(C(=O)N2CCC(C(=O)NN)CC2)cc1. The molecule has 1 aromatic rings. The van der Waals surface area contributed by atoms with Gasteiger partial charge in [0, 0.05) is 24.6 Å². The van der Waals surface area contributed by atoms with Crippen LogP contribution in [0.4, 0.5) is 0 Å². The number of hydrazine groups is 1. The van der Waals surface area contributed by atoms with Crippen LogP contribution in [0.15, 0.2) is 24.3 Å². The minimum Gasteiger partial charge on any atom is -0.497 e. The van der Waals surface area contributed by atoms with Crippen molar-refractivity contribution < 1.29 is 14.3 Å². The van der Waals surface area contributed by atoms with Crippen LogP contribution in [0.2, 0.25) is 0 Å². The largest absolute Gasteiger partial charge is 0.497 e. The summed E-state index contributed by atoms with van der Waals surface area (Å²) < 4.78 is 5.07. The Hall–Kier alpha value is -2.08. The smallest absolute Gasteiger partial charge is 0.253 e. The number of carbonyl (C=O) groups is 2. The highest BCUT2D eigenvalue weighted by Crippen LogP contribution is 2.20. The Labute approximate surface area is 117 Å². The quantitative estimate of drug-likeness (QED) is 0.480. The molecule has 0 spiro atoms. The highest BCUT2D eigenvalue weighted by Gasteiger charge is 2.27. The summed E-state index contributed by atoms with van der Waals surface area (Å²) in [5.74, 6) is 5.58. The Balaban J connectivity index is 1.95. The molecule has 1 aromatic carbocycles. The van der Waals surface area contributed by atoms with E-state index in [1.165, 1.54) is 0 Å². The molecule has 20 heavy (non-hydrogen) atoms. The Morgan fingerprint density at radius 3 is 2.35 bits per heavy atom. The van der Waals surface area contributed by atoms with Crippen molar-refractivity contribution in [1.82, 2.24) is 10.3 Å². The van der Waals surface area contributed by atoms with Gasteiger partial charge in [0.1, 0.15) is 5.75 Å². The third kappa shape index (κ3) is 3.08. The fraction of sp³-hybridized carbons (Fsp3) is 0.429. The predicted octanol–water partition coefficient (Wildman–Crippen LogP) is 0.537. The lowest BCUT2D eigenvalue weighted by Crippen LogP contribution is -2.44. The average Bonchev–Trinajstić information content (AvgIpc) is 2.53. The van der Waals surface area contributed by atoms with Crippen LogP contribution in [-0.4, -0.2) is 36.9 Å². The van der Waals surface area contributed by atoms with Gasteiger partial charge in [-0.05, 0) is 37.1 Å². The molecule has 0 aromatic heterocycles. The molecule has 0 unspecified atom stereocenters. The summed E-state index contributed by atoms with van der Waals surface area (Å²) in [6.07, 6.45) is 1.29. The first kappa shape index (κ1) is 14.3. The molecule has 3 N–H and O–H groups in total. The minimum absolute atomic E-state index is 0.0146. The number of carbonyl (C=O) groups excluding carboxylic acids is 2. The number of ether oxygens (including phenoxy) is 1. The number of benzene rings is 1. The topological polar surface area (TPSA) is 84.7 Å². The van der Waals surface area contributed by atoms with Gasteiger partial charge >= 0.3 is 0 Å². The number of piperidine rings is 1. The maximum atomic E-state index is 12.3. The van der Waals surface area contributed by atoms with Crippen LogP contribution in [0.3, 0.4) is 0 Å². The third-order valence-electron chi connectivity index (χ3n) is 3.63. The van der Waals surface area contributed by atoms with Crippen LogP contribution < -0.4 is 16.0 Å². The first-order chi connectivity index (χ1) is 9.65. The molecule has 2 rings (SSSR count). The van der Waals surface area contributed by atoms with Gasteiger partial charge in [-0.1, -0.05) is 0 Å². The molecule has 1 aliphatic heterocycles. The maximum Gasteiger partial charge on any atom is 0.253 e. The summed E-state index contributed by atoms with van der Waals surface area (Å²) in [6, 6.07) is 7.03. The van der Waals surface area contributed by atoms with Gasteiger partial charge in [0.2, 0.25) is 5.91 Å². The molecule has 1 heterocycles. The van der Waals surface area contributed by atoms with E-state index in [2.05, 4.69) is 5.43 Å². The number of nitrogens with two attached hydrogens (primary N) is 1. The highest BCUT2D eigenvalue weighted by molar-refractivity contribution is 5.94. The first-order valence-corrected chi connectivity index (χ1v) is 6.59. The van der Waals surface area contributed by atoms with Crippen molar-refractivity contribution in [1.29, 1.82) is 0 Å². The van der Waals surface area contributed by atoms with Crippen LogP contribution in [0.25, 0.3) is 0 Å². The molecule has 108 valence electrons. The van der Waals surface area contributed by atoms with Gasteiger partial charge < -0.3 is 9.64 Å². The van der Waals surface area contributed by atoms with Crippen LogP contribution in [0, 0.1) is 5.92 Å². The zero-order valence-corrected chi connectivity index (χ0v) is 11.5.